The quantitative estimate of drug-likeness (QED) is 0.516. The molecule has 8 nitrogen and oxygen atoms in total. The highest BCUT2D eigenvalue weighted by Gasteiger charge is 2.16. The van der Waals surface area contributed by atoms with E-state index in [4.69, 9.17) is 9.72 Å². The van der Waals surface area contributed by atoms with E-state index in [2.05, 4.69) is 20.9 Å². The average molecular weight is 440 g/mol. The maximum absolute atomic E-state index is 12.3. The number of aromatic nitrogens is 1. The number of urea groups is 1. The highest BCUT2D eigenvalue weighted by atomic mass is 32.1. The molecule has 9 heteroatoms. The number of carbonyl (C=O) groups is 2. The molecule has 0 atom stereocenters. The average Bonchev–Trinajstić information content (AvgIpc) is 3.43. The minimum atomic E-state index is -0.363. The Labute approximate surface area is 184 Å². The molecule has 1 aliphatic rings. The van der Waals surface area contributed by atoms with E-state index < -0.39 is 0 Å². The molecule has 0 bridgehead atoms. The molecule has 0 spiro atoms. The normalized spacial score (nSPS) is 13.3. The van der Waals surface area contributed by atoms with Crippen molar-refractivity contribution in [3.63, 3.8) is 0 Å². The van der Waals surface area contributed by atoms with Gasteiger partial charge in [0.1, 0.15) is 5.75 Å². The van der Waals surface area contributed by atoms with Gasteiger partial charge in [-0.05, 0) is 55.3 Å². The summed E-state index contributed by atoms with van der Waals surface area (Å²) in [6, 6.07) is 12.4. The van der Waals surface area contributed by atoms with Gasteiger partial charge in [0.25, 0.3) is 0 Å². The largest absolute Gasteiger partial charge is 0.497 e. The minimum absolute atomic E-state index is 0.159. The summed E-state index contributed by atoms with van der Waals surface area (Å²) >= 11 is 1.65. The molecular formula is C22H25N5O3S. The van der Waals surface area contributed by atoms with E-state index in [9.17, 15) is 9.59 Å². The summed E-state index contributed by atoms with van der Waals surface area (Å²) in [5.41, 5.74) is 2.33. The lowest BCUT2D eigenvalue weighted by molar-refractivity contribution is -0.116. The zero-order valence-electron chi connectivity index (χ0n) is 17.3. The van der Waals surface area contributed by atoms with Crippen LogP contribution >= 0.6 is 11.3 Å². The molecule has 0 aliphatic carbocycles. The van der Waals surface area contributed by atoms with Crippen molar-refractivity contribution in [1.82, 2.24) is 10.3 Å². The van der Waals surface area contributed by atoms with Crippen molar-refractivity contribution < 1.29 is 14.3 Å². The molecule has 1 aromatic heterocycles. The smallest absolute Gasteiger partial charge is 0.319 e. The van der Waals surface area contributed by atoms with Gasteiger partial charge in [-0.3, -0.25) is 4.79 Å². The fraction of sp³-hybridized carbons (Fsp3) is 0.318. The number of carbonyl (C=O) groups excluding carboxylic acids is 2. The number of hydrogen-bond acceptors (Lipinski definition) is 6. The molecule has 4 rings (SSSR count). The van der Waals surface area contributed by atoms with Crippen molar-refractivity contribution in [2.24, 2.45) is 0 Å². The number of nitrogens with one attached hydrogen (secondary N) is 3. The molecule has 3 amide bonds. The van der Waals surface area contributed by atoms with Crippen LogP contribution in [0, 0.1) is 0 Å². The third kappa shape index (κ3) is 5.43. The molecule has 1 fully saturated rings. The predicted molar refractivity (Wildman–Crippen MR) is 124 cm³/mol. The molecule has 0 saturated carbocycles. The zero-order valence-corrected chi connectivity index (χ0v) is 18.1. The maximum Gasteiger partial charge on any atom is 0.319 e. The Morgan fingerprint density at radius 1 is 1.06 bits per heavy atom. The van der Waals surface area contributed by atoms with Crippen molar-refractivity contribution in [2.45, 2.75) is 19.3 Å². The van der Waals surface area contributed by atoms with E-state index >= 15 is 0 Å². The van der Waals surface area contributed by atoms with Gasteiger partial charge in [0.05, 0.1) is 17.3 Å². The number of benzene rings is 2. The molecule has 3 aromatic rings. The molecular weight excluding hydrogens is 414 g/mol. The van der Waals surface area contributed by atoms with Crippen molar-refractivity contribution >= 4 is 50.0 Å². The van der Waals surface area contributed by atoms with Crippen LogP contribution in [0.15, 0.2) is 42.5 Å². The first-order valence-electron chi connectivity index (χ1n) is 10.2. The van der Waals surface area contributed by atoms with Gasteiger partial charge in [0.15, 0.2) is 5.13 Å². The number of ether oxygens (including phenoxy) is 1. The number of thiazole rings is 1. The Bertz CT molecular complexity index is 1060. The van der Waals surface area contributed by atoms with Crippen LogP contribution in [0.1, 0.15) is 19.3 Å². The van der Waals surface area contributed by atoms with Crippen molar-refractivity contribution in [2.75, 3.05) is 42.3 Å². The molecule has 2 aromatic carbocycles. The highest BCUT2D eigenvalue weighted by molar-refractivity contribution is 7.22. The lowest BCUT2D eigenvalue weighted by Gasteiger charge is -2.11. The van der Waals surface area contributed by atoms with Crippen molar-refractivity contribution in [3.05, 3.63) is 42.5 Å². The summed E-state index contributed by atoms with van der Waals surface area (Å²) in [5.74, 6) is 0.555. The topological polar surface area (TPSA) is 95.6 Å². The van der Waals surface area contributed by atoms with E-state index in [0.717, 1.165) is 34.1 Å². The predicted octanol–water partition coefficient (Wildman–Crippen LogP) is 4.06. The number of anilines is 3. The van der Waals surface area contributed by atoms with Crippen LogP contribution in [0.2, 0.25) is 0 Å². The van der Waals surface area contributed by atoms with Gasteiger partial charge in [0.2, 0.25) is 5.91 Å². The second-order valence-electron chi connectivity index (χ2n) is 7.28. The lowest BCUT2D eigenvalue weighted by atomic mass is 10.3. The zero-order chi connectivity index (χ0) is 21.6. The Kier molecular flexibility index (Phi) is 6.51. The van der Waals surface area contributed by atoms with Gasteiger partial charge >= 0.3 is 6.03 Å². The summed E-state index contributed by atoms with van der Waals surface area (Å²) in [5, 5.41) is 9.33. The molecule has 0 unspecified atom stereocenters. The molecule has 31 heavy (non-hydrogen) atoms. The molecule has 0 radical (unpaired) electrons. The van der Waals surface area contributed by atoms with Crippen LogP contribution in [0.4, 0.5) is 21.3 Å². The monoisotopic (exact) mass is 439 g/mol. The molecule has 3 N–H and O–H groups in total. The molecule has 162 valence electrons. The number of nitrogens with zero attached hydrogens (tertiary/aromatic N) is 2. The Balaban J connectivity index is 1.24. The summed E-state index contributed by atoms with van der Waals surface area (Å²) in [6.07, 6.45) is 2.60. The van der Waals surface area contributed by atoms with Crippen LogP contribution in [-0.4, -0.2) is 43.7 Å². The second kappa shape index (κ2) is 9.65. The number of fused-ring (bicyclic) bond motifs is 1. The van der Waals surface area contributed by atoms with Gasteiger partial charge in [-0.1, -0.05) is 11.3 Å². The number of amides is 3. The van der Waals surface area contributed by atoms with Crippen LogP contribution in [0.25, 0.3) is 10.2 Å². The molecule has 1 saturated heterocycles. The van der Waals surface area contributed by atoms with E-state index in [-0.39, 0.29) is 24.9 Å². The van der Waals surface area contributed by atoms with Crippen LogP contribution in [0.5, 0.6) is 5.75 Å². The summed E-state index contributed by atoms with van der Waals surface area (Å²) < 4.78 is 6.14. The van der Waals surface area contributed by atoms with Crippen molar-refractivity contribution in [3.8, 4) is 5.75 Å². The summed E-state index contributed by atoms with van der Waals surface area (Å²) in [4.78, 5) is 31.2. The van der Waals surface area contributed by atoms with E-state index in [1.54, 1.807) is 42.7 Å². The Morgan fingerprint density at radius 2 is 1.81 bits per heavy atom. The third-order valence-electron chi connectivity index (χ3n) is 5.02. The summed E-state index contributed by atoms with van der Waals surface area (Å²) in [7, 11) is 1.58. The Hall–Kier alpha value is -3.33. The highest BCUT2D eigenvalue weighted by Crippen LogP contribution is 2.32. The van der Waals surface area contributed by atoms with Crippen molar-refractivity contribution in [1.29, 1.82) is 0 Å². The van der Waals surface area contributed by atoms with Gasteiger partial charge in [-0.2, -0.15) is 0 Å². The summed E-state index contributed by atoms with van der Waals surface area (Å²) in [6.45, 7) is 2.35. The molecule has 1 aliphatic heterocycles. The number of rotatable bonds is 7. The number of methoxy groups -OCH3 is 1. The Morgan fingerprint density at radius 3 is 2.55 bits per heavy atom. The SMILES string of the molecule is COc1ccc(NC(=O)NCCC(=O)Nc2ccc3nc(N4CCCC4)sc3c2)cc1. The third-order valence-corrected chi connectivity index (χ3v) is 6.10. The van der Waals surface area contributed by atoms with Gasteiger partial charge in [0, 0.05) is 37.4 Å². The van der Waals surface area contributed by atoms with Crippen LogP contribution in [-0.2, 0) is 4.79 Å². The first-order chi connectivity index (χ1) is 15.1. The van der Waals surface area contributed by atoms with E-state index in [0.29, 0.717) is 11.4 Å². The van der Waals surface area contributed by atoms with Gasteiger partial charge in [-0.25, -0.2) is 9.78 Å². The minimum Gasteiger partial charge on any atom is -0.497 e. The van der Waals surface area contributed by atoms with Crippen LogP contribution < -0.4 is 25.6 Å². The van der Waals surface area contributed by atoms with E-state index in [1.165, 1.54) is 12.8 Å². The van der Waals surface area contributed by atoms with Crippen LogP contribution in [0.3, 0.4) is 0 Å². The second-order valence-corrected chi connectivity index (χ2v) is 8.29. The maximum atomic E-state index is 12.3. The first kappa shape index (κ1) is 20.9. The molecule has 2 heterocycles. The first-order valence-corrected chi connectivity index (χ1v) is 11.1. The van der Waals surface area contributed by atoms with Gasteiger partial charge in [-0.15, -0.1) is 0 Å². The van der Waals surface area contributed by atoms with E-state index in [1.807, 2.05) is 18.2 Å². The number of hydrogen-bond donors (Lipinski definition) is 3. The fourth-order valence-electron chi connectivity index (χ4n) is 3.40. The lowest BCUT2D eigenvalue weighted by Crippen LogP contribution is -2.31. The van der Waals surface area contributed by atoms with Gasteiger partial charge < -0.3 is 25.6 Å². The fourth-order valence-corrected chi connectivity index (χ4v) is 4.45. The standard InChI is InChI=1S/C22H25N5O3S/c1-30-17-7-4-15(5-8-17)25-21(29)23-11-10-20(28)24-16-6-9-18-19(14-16)31-22(26-18)27-12-2-3-13-27/h4-9,14H,2-3,10-13H2,1H3,(H,24,28)(H2,23,25,29).